The van der Waals surface area contributed by atoms with Gasteiger partial charge in [-0.25, -0.2) is 9.37 Å². The van der Waals surface area contributed by atoms with Crippen LogP contribution < -0.4 is 16.2 Å². The summed E-state index contributed by atoms with van der Waals surface area (Å²) in [4.78, 5) is 73.3. The Morgan fingerprint density at radius 3 is 2.36 bits per heavy atom. The Labute approximate surface area is 252 Å². The predicted molar refractivity (Wildman–Crippen MR) is 152 cm³/mol. The number of halogens is 1. The highest BCUT2D eigenvalue weighted by Crippen LogP contribution is 2.43. The van der Waals surface area contributed by atoms with E-state index >= 15 is 0 Å². The molecule has 5 heterocycles. The summed E-state index contributed by atoms with van der Waals surface area (Å²) in [5.74, 6) is -3.52. The van der Waals surface area contributed by atoms with E-state index in [0.29, 0.717) is 57.4 Å². The molecule has 4 amide bonds. The Balaban J connectivity index is 1.19. The zero-order chi connectivity index (χ0) is 31.0. The van der Waals surface area contributed by atoms with E-state index in [2.05, 4.69) is 15.6 Å². The minimum absolute atomic E-state index is 0.00362. The van der Waals surface area contributed by atoms with Crippen LogP contribution >= 0.6 is 0 Å². The normalized spacial score (nSPS) is 24.4. The lowest BCUT2D eigenvalue weighted by atomic mass is 9.77. The molecule has 2 aromatic rings. The molecule has 1 aromatic carbocycles. The summed E-state index contributed by atoms with van der Waals surface area (Å²) in [5, 5.41) is 16.2. The maximum atomic E-state index is 13.4. The van der Waals surface area contributed by atoms with Gasteiger partial charge in [-0.15, -0.1) is 0 Å². The van der Waals surface area contributed by atoms with Crippen LogP contribution in [0.2, 0.25) is 0 Å². The molecule has 1 aliphatic carbocycles. The lowest BCUT2D eigenvalue weighted by molar-refractivity contribution is -0.151. The molecule has 3 fully saturated rings. The molecule has 2 bridgehead atoms. The summed E-state index contributed by atoms with van der Waals surface area (Å²) in [7, 11) is 0. The average molecular weight is 611 g/mol. The van der Waals surface area contributed by atoms with Gasteiger partial charge in [0, 0.05) is 45.9 Å². The quantitative estimate of drug-likeness (QED) is 0.410. The molecule has 0 radical (unpaired) electrons. The van der Waals surface area contributed by atoms with E-state index in [4.69, 9.17) is 4.74 Å². The molecule has 2 saturated heterocycles. The molecule has 1 unspecified atom stereocenters. The van der Waals surface area contributed by atoms with Gasteiger partial charge in [-0.05, 0) is 62.1 Å². The van der Waals surface area contributed by atoms with Gasteiger partial charge in [-0.1, -0.05) is 12.1 Å². The number of ether oxygens (including phenoxy) is 1. The summed E-state index contributed by atoms with van der Waals surface area (Å²) in [6, 6.07) is 5.50. The van der Waals surface area contributed by atoms with Crippen molar-refractivity contribution in [1.82, 2.24) is 30.0 Å². The van der Waals surface area contributed by atoms with Crippen LogP contribution in [-0.4, -0.2) is 87.0 Å². The maximum Gasteiger partial charge on any atom is 0.312 e. The zero-order valence-electron chi connectivity index (χ0n) is 24.2. The van der Waals surface area contributed by atoms with Gasteiger partial charge in [0.15, 0.2) is 5.69 Å². The van der Waals surface area contributed by atoms with E-state index in [-0.39, 0.29) is 43.8 Å². The van der Waals surface area contributed by atoms with E-state index in [0.717, 1.165) is 6.42 Å². The number of piperazine rings is 1. The first-order chi connectivity index (χ1) is 21.1. The molecule has 1 atom stereocenters. The molecule has 3 N–H and O–H groups in total. The number of nitrogens with one attached hydrogen (secondary N) is 2. The summed E-state index contributed by atoms with van der Waals surface area (Å²) < 4.78 is 20.0. The fourth-order valence-electron chi connectivity index (χ4n) is 6.64. The van der Waals surface area contributed by atoms with Crippen LogP contribution in [0.1, 0.15) is 60.4 Å². The number of hydrogen-bond acceptors (Lipinski definition) is 8. The van der Waals surface area contributed by atoms with E-state index in [1.807, 2.05) is 0 Å². The third-order valence-electron chi connectivity index (χ3n) is 9.19. The van der Waals surface area contributed by atoms with E-state index in [1.54, 1.807) is 4.90 Å². The van der Waals surface area contributed by atoms with Gasteiger partial charge in [0.2, 0.25) is 5.75 Å². The number of aromatic hydroxyl groups is 1. The van der Waals surface area contributed by atoms with Crippen LogP contribution in [0.15, 0.2) is 29.1 Å². The first kappa shape index (κ1) is 29.7. The summed E-state index contributed by atoms with van der Waals surface area (Å²) in [6.07, 6.45) is 3.15. The van der Waals surface area contributed by atoms with Gasteiger partial charge in [0.05, 0.1) is 5.54 Å². The van der Waals surface area contributed by atoms with Crippen molar-refractivity contribution < 1.29 is 33.4 Å². The first-order valence-electron chi connectivity index (χ1n) is 15.0. The molecule has 7 rings (SSSR count). The number of benzene rings is 1. The minimum Gasteiger partial charge on any atom is -0.501 e. The van der Waals surface area contributed by atoms with Gasteiger partial charge < -0.3 is 30.3 Å². The molecule has 14 heteroatoms. The second kappa shape index (κ2) is 12.0. The smallest absolute Gasteiger partial charge is 0.312 e. The van der Waals surface area contributed by atoms with Crippen LogP contribution in [0.5, 0.6) is 5.75 Å². The fourth-order valence-corrected chi connectivity index (χ4v) is 6.64. The van der Waals surface area contributed by atoms with E-state index in [1.165, 1.54) is 33.7 Å². The molecule has 234 valence electrons. The second-order valence-corrected chi connectivity index (χ2v) is 12.0. The Bertz CT molecular complexity index is 1520. The molecule has 5 aliphatic rings. The largest absolute Gasteiger partial charge is 0.501 e. The number of rotatable bonds is 5. The molecule has 44 heavy (non-hydrogen) atoms. The Morgan fingerprint density at radius 2 is 1.70 bits per heavy atom. The number of fused-ring (bicyclic) bond motifs is 2. The van der Waals surface area contributed by atoms with Crippen LogP contribution in [0.3, 0.4) is 0 Å². The average Bonchev–Trinajstić information content (AvgIpc) is 3.48. The molecular weight excluding hydrogens is 575 g/mol. The van der Waals surface area contributed by atoms with Crippen molar-refractivity contribution in [2.24, 2.45) is 5.92 Å². The van der Waals surface area contributed by atoms with Gasteiger partial charge >= 0.3 is 11.8 Å². The Kier molecular flexibility index (Phi) is 8.10. The van der Waals surface area contributed by atoms with Crippen molar-refractivity contribution in [3.8, 4) is 5.75 Å². The van der Waals surface area contributed by atoms with Crippen LogP contribution in [-0.2, 0) is 37.7 Å². The van der Waals surface area contributed by atoms with Crippen molar-refractivity contribution in [2.75, 3.05) is 32.8 Å². The molecular formula is C30H35FN6O7. The van der Waals surface area contributed by atoms with E-state index in [9.17, 15) is 33.5 Å². The molecule has 0 spiro atoms. The SMILES string of the molecule is O=C(NC12CCC(CC1)Cn1c2nc(C(=O)NCc2ccc(F)cc2)c(O)c1=O)C(=O)N1CCN(C(=O)C2CCCO2)CC1. The number of carbonyl (C=O) groups excluding carboxylic acids is 4. The Morgan fingerprint density at radius 1 is 1.02 bits per heavy atom. The third kappa shape index (κ3) is 5.65. The van der Waals surface area contributed by atoms with Crippen LogP contribution in [0.25, 0.3) is 0 Å². The number of aromatic nitrogens is 2. The Hall–Kier alpha value is -4.33. The molecule has 4 aliphatic heterocycles. The summed E-state index contributed by atoms with van der Waals surface area (Å²) >= 11 is 0. The second-order valence-electron chi connectivity index (χ2n) is 12.0. The fraction of sp³-hybridized carbons (Fsp3) is 0.533. The summed E-state index contributed by atoms with van der Waals surface area (Å²) in [6.45, 7) is 1.80. The maximum absolute atomic E-state index is 13.4. The topological polar surface area (TPSA) is 163 Å². The highest BCUT2D eigenvalue weighted by Gasteiger charge is 2.47. The van der Waals surface area contributed by atoms with Crippen molar-refractivity contribution in [3.05, 3.63) is 57.5 Å². The van der Waals surface area contributed by atoms with Gasteiger partial charge in [-0.2, -0.15) is 0 Å². The molecule has 13 nitrogen and oxygen atoms in total. The third-order valence-corrected chi connectivity index (χ3v) is 9.19. The van der Waals surface area contributed by atoms with Crippen LogP contribution in [0, 0.1) is 11.7 Å². The van der Waals surface area contributed by atoms with Crippen molar-refractivity contribution in [2.45, 2.75) is 63.3 Å². The van der Waals surface area contributed by atoms with Gasteiger partial charge in [0.25, 0.3) is 17.4 Å². The number of amides is 4. The van der Waals surface area contributed by atoms with Gasteiger partial charge in [0.1, 0.15) is 17.7 Å². The monoisotopic (exact) mass is 610 g/mol. The van der Waals surface area contributed by atoms with Crippen molar-refractivity contribution >= 4 is 23.6 Å². The molecule has 1 aromatic heterocycles. The first-order valence-corrected chi connectivity index (χ1v) is 15.0. The minimum atomic E-state index is -1.20. The highest BCUT2D eigenvalue weighted by atomic mass is 19.1. The molecule has 1 saturated carbocycles. The lowest BCUT2D eigenvalue weighted by Crippen LogP contribution is -2.58. The number of hydrogen-bond donors (Lipinski definition) is 3. The van der Waals surface area contributed by atoms with E-state index < -0.39 is 52.2 Å². The van der Waals surface area contributed by atoms with Gasteiger partial charge in [-0.3, -0.25) is 28.5 Å². The zero-order valence-corrected chi connectivity index (χ0v) is 24.2. The highest BCUT2D eigenvalue weighted by molar-refractivity contribution is 6.35. The van der Waals surface area contributed by atoms with Crippen LogP contribution in [0.4, 0.5) is 4.39 Å². The number of carbonyl (C=O) groups is 4. The standard InChI is InChI=1S/C30H35FN6O7/c31-20-5-3-18(4-6-20)16-32-24(39)22-23(38)27(42)37-17-19-7-9-30(10-8-19,29(37)33-22)34-25(40)28(43)36-13-11-35(12-14-36)26(41)21-2-1-15-44-21/h3-6,19,21,38H,1-2,7-17H2,(H,32,39)(H,34,40). The predicted octanol–water partition coefficient (Wildman–Crippen LogP) is 0.383. The number of nitrogens with zero attached hydrogens (tertiary/aromatic N) is 4. The summed E-state index contributed by atoms with van der Waals surface area (Å²) in [5.41, 5.74) is -1.88. The van der Waals surface area contributed by atoms with Crippen molar-refractivity contribution in [1.29, 1.82) is 0 Å². The lowest BCUT2D eigenvalue weighted by Gasteiger charge is -2.38. The van der Waals surface area contributed by atoms with Crippen molar-refractivity contribution in [3.63, 3.8) is 0 Å².